The van der Waals surface area contributed by atoms with Crippen LogP contribution in [0.5, 0.6) is 0 Å². The molecule has 2 aromatic carbocycles. The lowest BCUT2D eigenvalue weighted by Gasteiger charge is -2.06. The Labute approximate surface area is 132 Å². The van der Waals surface area contributed by atoms with E-state index >= 15 is 0 Å². The van der Waals surface area contributed by atoms with Crippen LogP contribution < -0.4 is 0 Å². The van der Waals surface area contributed by atoms with Gasteiger partial charge in [-0.25, -0.2) is 9.97 Å². The predicted molar refractivity (Wildman–Crippen MR) is 87.1 cm³/mol. The van der Waals surface area contributed by atoms with Gasteiger partial charge in [-0.15, -0.1) is 0 Å². The monoisotopic (exact) mass is 306 g/mol. The van der Waals surface area contributed by atoms with Crippen LogP contribution >= 0.6 is 11.6 Å². The average molecular weight is 307 g/mol. The van der Waals surface area contributed by atoms with E-state index in [4.69, 9.17) is 11.6 Å². The maximum Gasteiger partial charge on any atom is 0.224 e. The van der Waals surface area contributed by atoms with E-state index in [1.165, 1.54) is 11.1 Å². The lowest BCUT2D eigenvalue weighted by atomic mass is 10.1. The van der Waals surface area contributed by atoms with Crippen LogP contribution in [0.15, 0.2) is 67.1 Å². The predicted octanol–water partition coefficient (Wildman–Crippen LogP) is 4.14. The minimum absolute atomic E-state index is 0.218. The molecule has 4 nitrogen and oxygen atoms in total. The number of hydrogen-bond acceptors (Lipinski definition) is 3. The van der Waals surface area contributed by atoms with Crippen LogP contribution in [0.4, 0.5) is 0 Å². The molecule has 106 valence electrons. The van der Waals surface area contributed by atoms with Crippen molar-refractivity contribution in [2.24, 2.45) is 0 Å². The van der Waals surface area contributed by atoms with Crippen molar-refractivity contribution in [3.05, 3.63) is 72.4 Å². The van der Waals surface area contributed by atoms with Crippen molar-refractivity contribution in [2.45, 2.75) is 0 Å². The largest absolute Gasteiger partial charge is 0.283 e. The zero-order valence-electron chi connectivity index (χ0n) is 11.5. The molecule has 0 aliphatic rings. The summed E-state index contributed by atoms with van der Waals surface area (Å²) in [6.07, 6.45) is 3.35. The summed E-state index contributed by atoms with van der Waals surface area (Å²) in [4.78, 5) is 12.5. The standard InChI is InChI=1S/C17H11ClN4/c18-17-19-10-15-16(21-17)22(11-20-15)14-8-6-13(7-9-14)12-4-2-1-3-5-12/h1-11H. The number of fused-ring (bicyclic) bond motifs is 1. The molecule has 22 heavy (non-hydrogen) atoms. The number of halogens is 1. The van der Waals surface area contributed by atoms with Gasteiger partial charge in [0.15, 0.2) is 5.65 Å². The van der Waals surface area contributed by atoms with Crippen LogP contribution in [0.2, 0.25) is 5.28 Å². The molecule has 0 aliphatic carbocycles. The molecule has 0 saturated heterocycles. The minimum Gasteiger partial charge on any atom is -0.283 e. The second-order valence-corrected chi connectivity index (χ2v) is 5.21. The van der Waals surface area contributed by atoms with E-state index < -0.39 is 0 Å². The molecule has 0 bridgehead atoms. The van der Waals surface area contributed by atoms with Crippen molar-refractivity contribution in [3.63, 3.8) is 0 Å². The van der Waals surface area contributed by atoms with E-state index in [-0.39, 0.29) is 5.28 Å². The molecule has 0 saturated carbocycles. The molecule has 4 aromatic rings. The second-order valence-electron chi connectivity index (χ2n) is 4.88. The van der Waals surface area contributed by atoms with Crippen molar-refractivity contribution in [1.29, 1.82) is 0 Å². The van der Waals surface area contributed by atoms with E-state index in [2.05, 4.69) is 39.2 Å². The van der Waals surface area contributed by atoms with Gasteiger partial charge < -0.3 is 0 Å². The van der Waals surface area contributed by atoms with Crippen molar-refractivity contribution in [3.8, 4) is 16.8 Å². The number of aromatic nitrogens is 4. The Bertz CT molecular complexity index is 930. The molecule has 0 radical (unpaired) electrons. The molecule has 2 heterocycles. The summed E-state index contributed by atoms with van der Waals surface area (Å²) in [6.45, 7) is 0. The first-order chi connectivity index (χ1) is 10.8. The maximum atomic E-state index is 5.88. The first kappa shape index (κ1) is 13.0. The molecule has 0 aliphatic heterocycles. The van der Waals surface area contributed by atoms with Crippen molar-refractivity contribution >= 4 is 22.8 Å². The molecule has 5 heteroatoms. The third-order valence-corrected chi connectivity index (χ3v) is 3.70. The normalized spacial score (nSPS) is 11.0. The van der Waals surface area contributed by atoms with Crippen LogP contribution in [0.25, 0.3) is 28.0 Å². The highest BCUT2D eigenvalue weighted by Gasteiger charge is 2.07. The van der Waals surface area contributed by atoms with E-state index in [0.717, 1.165) is 11.2 Å². The van der Waals surface area contributed by atoms with Crippen molar-refractivity contribution < 1.29 is 0 Å². The highest BCUT2D eigenvalue weighted by molar-refractivity contribution is 6.28. The van der Waals surface area contributed by atoms with Crippen molar-refractivity contribution in [2.75, 3.05) is 0 Å². The van der Waals surface area contributed by atoms with Crippen LogP contribution in [-0.2, 0) is 0 Å². The van der Waals surface area contributed by atoms with Gasteiger partial charge in [-0.1, -0.05) is 42.5 Å². The first-order valence-corrected chi connectivity index (χ1v) is 7.20. The maximum absolute atomic E-state index is 5.88. The summed E-state index contributed by atoms with van der Waals surface area (Å²) >= 11 is 5.88. The molecular weight excluding hydrogens is 296 g/mol. The average Bonchev–Trinajstić information content (AvgIpc) is 2.99. The van der Waals surface area contributed by atoms with E-state index in [9.17, 15) is 0 Å². The van der Waals surface area contributed by atoms with Gasteiger partial charge in [-0.2, -0.15) is 4.98 Å². The van der Waals surface area contributed by atoms with Gasteiger partial charge in [-0.3, -0.25) is 4.57 Å². The summed E-state index contributed by atoms with van der Waals surface area (Å²) in [5.74, 6) is 0. The molecule has 0 atom stereocenters. The van der Waals surface area contributed by atoms with E-state index in [1.807, 2.05) is 34.9 Å². The summed E-state index contributed by atoms with van der Waals surface area (Å²) in [6, 6.07) is 18.5. The van der Waals surface area contributed by atoms with Gasteiger partial charge in [0.2, 0.25) is 5.28 Å². The molecule has 0 unspecified atom stereocenters. The number of hydrogen-bond donors (Lipinski definition) is 0. The van der Waals surface area contributed by atoms with Crippen LogP contribution in [0.3, 0.4) is 0 Å². The highest BCUT2D eigenvalue weighted by Crippen LogP contribution is 2.22. The van der Waals surface area contributed by atoms with Gasteiger partial charge in [0, 0.05) is 5.69 Å². The lowest BCUT2D eigenvalue weighted by molar-refractivity contribution is 1.06. The minimum atomic E-state index is 0.218. The molecule has 0 spiro atoms. The molecule has 0 amide bonds. The zero-order chi connectivity index (χ0) is 14.9. The van der Waals surface area contributed by atoms with Gasteiger partial charge >= 0.3 is 0 Å². The Hall–Kier alpha value is -2.72. The fraction of sp³-hybridized carbons (Fsp3) is 0. The molecule has 0 N–H and O–H groups in total. The summed E-state index contributed by atoms with van der Waals surface area (Å²) in [5.41, 5.74) is 4.76. The fourth-order valence-corrected chi connectivity index (χ4v) is 2.55. The van der Waals surface area contributed by atoms with Gasteiger partial charge in [0.25, 0.3) is 0 Å². The van der Waals surface area contributed by atoms with Gasteiger partial charge in [0.1, 0.15) is 11.8 Å². The summed E-state index contributed by atoms with van der Waals surface area (Å²) in [5, 5.41) is 0.218. The fourth-order valence-electron chi connectivity index (χ4n) is 2.42. The summed E-state index contributed by atoms with van der Waals surface area (Å²) in [7, 11) is 0. The quantitative estimate of drug-likeness (QED) is 0.523. The third kappa shape index (κ3) is 2.23. The Morgan fingerprint density at radius 3 is 2.32 bits per heavy atom. The summed E-state index contributed by atoms with van der Waals surface area (Å²) < 4.78 is 1.90. The molecule has 4 rings (SSSR count). The third-order valence-electron chi connectivity index (χ3n) is 3.51. The zero-order valence-corrected chi connectivity index (χ0v) is 12.3. The molecule has 2 aromatic heterocycles. The Balaban J connectivity index is 1.78. The van der Waals surface area contributed by atoms with Crippen LogP contribution in [0.1, 0.15) is 0 Å². The first-order valence-electron chi connectivity index (χ1n) is 6.83. The Morgan fingerprint density at radius 2 is 1.55 bits per heavy atom. The second kappa shape index (κ2) is 5.24. The lowest BCUT2D eigenvalue weighted by Crippen LogP contribution is -1.94. The number of imidazole rings is 1. The number of nitrogens with zero attached hydrogens (tertiary/aromatic N) is 4. The number of rotatable bonds is 2. The number of benzene rings is 2. The van der Waals surface area contributed by atoms with Crippen molar-refractivity contribution in [1.82, 2.24) is 19.5 Å². The molecule has 0 fully saturated rings. The van der Waals surface area contributed by atoms with Gasteiger partial charge in [-0.05, 0) is 34.9 Å². The molecular formula is C17H11ClN4. The topological polar surface area (TPSA) is 43.6 Å². The van der Waals surface area contributed by atoms with Crippen LogP contribution in [0, 0.1) is 0 Å². The Morgan fingerprint density at radius 1 is 0.818 bits per heavy atom. The highest BCUT2D eigenvalue weighted by atomic mass is 35.5. The van der Waals surface area contributed by atoms with E-state index in [0.29, 0.717) is 5.65 Å². The SMILES string of the molecule is Clc1ncc2ncn(-c3ccc(-c4ccccc4)cc3)c2n1. The van der Waals surface area contributed by atoms with Gasteiger partial charge in [0.05, 0.1) is 6.20 Å². The van der Waals surface area contributed by atoms with Crippen LogP contribution in [-0.4, -0.2) is 19.5 Å². The smallest absolute Gasteiger partial charge is 0.224 e. The van der Waals surface area contributed by atoms with E-state index in [1.54, 1.807) is 12.5 Å². The Kier molecular flexibility index (Phi) is 3.09.